The molecule has 0 radical (unpaired) electrons. The molecule has 0 aliphatic rings. The van der Waals surface area contributed by atoms with Gasteiger partial charge < -0.3 is 4.74 Å². The fraction of sp³-hybridized carbons (Fsp3) is 0.0714. The van der Waals surface area contributed by atoms with E-state index in [2.05, 4.69) is 22.4 Å². The van der Waals surface area contributed by atoms with Crippen molar-refractivity contribution >= 4 is 23.1 Å². The zero-order valence-electron chi connectivity index (χ0n) is 9.38. The van der Waals surface area contributed by atoms with Crippen molar-refractivity contribution in [1.82, 2.24) is 0 Å². The number of benzene rings is 2. The van der Waals surface area contributed by atoms with Crippen LogP contribution in [-0.2, 0) is 0 Å². The Bertz CT molecular complexity index is 557. The zero-order valence-corrected chi connectivity index (χ0v) is 10.2. The summed E-state index contributed by atoms with van der Waals surface area (Å²) in [6.45, 7) is 2.01. The van der Waals surface area contributed by atoms with E-state index >= 15 is 0 Å². The van der Waals surface area contributed by atoms with Crippen LogP contribution in [0.1, 0.15) is 5.56 Å². The van der Waals surface area contributed by atoms with Gasteiger partial charge in [0.15, 0.2) is 0 Å². The van der Waals surface area contributed by atoms with Gasteiger partial charge in [0.2, 0.25) is 0 Å². The largest absolute Gasteiger partial charge is 0.457 e. The summed E-state index contributed by atoms with van der Waals surface area (Å²) in [4.78, 5) is 3.88. The lowest BCUT2D eigenvalue weighted by Crippen LogP contribution is -1.86. The monoisotopic (exact) mass is 241 g/mol. The van der Waals surface area contributed by atoms with E-state index in [-0.39, 0.29) is 0 Å². The van der Waals surface area contributed by atoms with E-state index in [0.29, 0.717) is 0 Å². The molecule has 0 heterocycles. The van der Waals surface area contributed by atoms with Gasteiger partial charge in [-0.05, 0) is 55.0 Å². The van der Waals surface area contributed by atoms with Crippen molar-refractivity contribution in [2.24, 2.45) is 4.99 Å². The number of aryl methyl sites for hydroxylation is 1. The summed E-state index contributed by atoms with van der Waals surface area (Å²) >= 11 is 4.54. The minimum atomic E-state index is 0.775. The molecule has 0 N–H and O–H groups in total. The summed E-state index contributed by atoms with van der Waals surface area (Å²) in [7, 11) is 0. The van der Waals surface area contributed by atoms with E-state index in [1.807, 2.05) is 55.5 Å². The number of nitrogens with zero attached hydrogens (tertiary/aromatic N) is 1. The first-order valence-electron chi connectivity index (χ1n) is 5.21. The van der Waals surface area contributed by atoms with Crippen molar-refractivity contribution in [2.45, 2.75) is 6.92 Å². The number of hydrogen-bond acceptors (Lipinski definition) is 3. The molecule has 0 saturated carbocycles. The molecule has 2 aromatic carbocycles. The van der Waals surface area contributed by atoms with E-state index in [4.69, 9.17) is 4.74 Å². The number of thiocarbonyl (C=S) groups is 1. The van der Waals surface area contributed by atoms with Crippen molar-refractivity contribution in [3.8, 4) is 11.5 Å². The molecule has 84 valence electrons. The lowest BCUT2D eigenvalue weighted by atomic mass is 10.2. The highest BCUT2D eigenvalue weighted by molar-refractivity contribution is 7.78. The smallest absolute Gasteiger partial charge is 0.130 e. The Kier molecular flexibility index (Phi) is 3.66. The fourth-order valence-corrected chi connectivity index (χ4v) is 1.54. The molecule has 0 saturated heterocycles. The second kappa shape index (κ2) is 5.39. The maximum Gasteiger partial charge on any atom is 0.130 e. The van der Waals surface area contributed by atoms with Crippen LogP contribution in [0.3, 0.4) is 0 Å². The van der Waals surface area contributed by atoms with Crippen LogP contribution in [-0.4, -0.2) is 5.16 Å². The van der Waals surface area contributed by atoms with Crippen molar-refractivity contribution in [1.29, 1.82) is 0 Å². The highest BCUT2D eigenvalue weighted by Gasteiger charge is 1.99. The predicted molar refractivity (Wildman–Crippen MR) is 72.4 cm³/mol. The molecule has 2 rings (SSSR count). The molecule has 0 aliphatic heterocycles. The molecule has 0 aliphatic carbocycles. The van der Waals surface area contributed by atoms with Crippen molar-refractivity contribution in [2.75, 3.05) is 0 Å². The third kappa shape index (κ3) is 3.00. The summed E-state index contributed by atoms with van der Waals surface area (Å²) in [5, 5.41) is 2.33. The Balaban J connectivity index is 2.19. The van der Waals surface area contributed by atoms with Crippen LogP contribution in [0.2, 0.25) is 0 Å². The number of aliphatic imine (C=N–C) groups is 1. The second-order valence-electron chi connectivity index (χ2n) is 3.56. The first-order chi connectivity index (χ1) is 8.29. The molecule has 0 fully saturated rings. The van der Waals surface area contributed by atoms with Gasteiger partial charge in [-0.2, -0.15) is 4.99 Å². The Morgan fingerprint density at radius 3 is 2.41 bits per heavy atom. The molecule has 2 nitrogen and oxygen atoms in total. The Morgan fingerprint density at radius 2 is 1.76 bits per heavy atom. The summed E-state index contributed by atoms with van der Waals surface area (Å²) in [6, 6.07) is 15.3. The van der Waals surface area contributed by atoms with E-state index < -0.39 is 0 Å². The zero-order chi connectivity index (χ0) is 12.1. The number of isothiocyanates is 1. The molecule has 0 aromatic heterocycles. The van der Waals surface area contributed by atoms with Crippen LogP contribution >= 0.6 is 12.2 Å². The minimum absolute atomic E-state index is 0.775. The normalized spacial score (nSPS) is 9.47. The Labute approximate surface area is 106 Å². The van der Waals surface area contributed by atoms with Crippen LogP contribution in [0.4, 0.5) is 5.69 Å². The second-order valence-corrected chi connectivity index (χ2v) is 3.75. The van der Waals surface area contributed by atoms with Gasteiger partial charge >= 0.3 is 0 Å². The molecule has 0 bridgehead atoms. The molecule has 17 heavy (non-hydrogen) atoms. The lowest BCUT2D eigenvalue weighted by molar-refractivity contribution is 0.479. The number of hydrogen-bond donors (Lipinski definition) is 0. The fourth-order valence-electron chi connectivity index (χ4n) is 1.44. The van der Waals surface area contributed by atoms with Gasteiger partial charge in [-0.1, -0.05) is 18.2 Å². The standard InChI is InChI=1S/C14H11NOS/c1-11-4-2-3-5-14(11)16-13-8-6-12(7-9-13)15-10-17/h2-9H,1H3. The summed E-state index contributed by atoms with van der Waals surface area (Å²) in [6.07, 6.45) is 0. The molecule has 0 atom stereocenters. The predicted octanol–water partition coefficient (Wildman–Crippen LogP) is 4.52. The Hall–Kier alpha value is -1.96. The van der Waals surface area contributed by atoms with Crippen LogP contribution in [0.5, 0.6) is 11.5 Å². The highest BCUT2D eigenvalue weighted by Crippen LogP contribution is 2.26. The molecule has 2 aromatic rings. The molecule has 3 heteroatoms. The van der Waals surface area contributed by atoms with Gasteiger partial charge in [-0.15, -0.1) is 0 Å². The third-order valence-corrected chi connectivity index (χ3v) is 2.42. The van der Waals surface area contributed by atoms with Gasteiger partial charge in [0.1, 0.15) is 11.5 Å². The van der Waals surface area contributed by atoms with Crippen LogP contribution in [0.15, 0.2) is 53.5 Å². The average molecular weight is 241 g/mol. The molecular weight excluding hydrogens is 230 g/mol. The van der Waals surface area contributed by atoms with Crippen LogP contribution < -0.4 is 4.74 Å². The van der Waals surface area contributed by atoms with Crippen LogP contribution in [0, 0.1) is 6.92 Å². The summed E-state index contributed by atoms with van der Waals surface area (Å²) < 4.78 is 5.75. The summed E-state index contributed by atoms with van der Waals surface area (Å²) in [5.41, 5.74) is 1.88. The highest BCUT2D eigenvalue weighted by atomic mass is 32.1. The summed E-state index contributed by atoms with van der Waals surface area (Å²) in [5.74, 6) is 1.64. The van der Waals surface area contributed by atoms with Gasteiger partial charge in [0.25, 0.3) is 0 Å². The van der Waals surface area contributed by atoms with E-state index in [9.17, 15) is 0 Å². The molecule has 0 amide bonds. The third-order valence-electron chi connectivity index (χ3n) is 2.33. The van der Waals surface area contributed by atoms with Gasteiger partial charge in [-0.25, -0.2) is 0 Å². The van der Waals surface area contributed by atoms with Gasteiger partial charge in [-0.3, -0.25) is 0 Å². The van der Waals surface area contributed by atoms with E-state index in [1.54, 1.807) is 0 Å². The number of rotatable bonds is 3. The number of ether oxygens (including phenoxy) is 1. The van der Waals surface area contributed by atoms with Crippen molar-refractivity contribution in [3.63, 3.8) is 0 Å². The van der Waals surface area contributed by atoms with Crippen molar-refractivity contribution < 1.29 is 4.74 Å². The van der Waals surface area contributed by atoms with E-state index in [1.165, 1.54) is 0 Å². The van der Waals surface area contributed by atoms with E-state index in [0.717, 1.165) is 22.7 Å². The molecular formula is C14H11NOS. The van der Waals surface area contributed by atoms with Gasteiger partial charge in [0.05, 0.1) is 10.8 Å². The SMILES string of the molecule is Cc1ccccc1Oc1ccc(N=C=S)cc1. The minimum Gasteiger partial charge on any atom is -0.457 e. The van der Waals surface area contributed by atoms with Crippen LogP contribution in [0.25, 0.3) is 0 Å². The first-order valence-corrected chi connectivity index (χ1v) is 5.62. The number of para-hydroxylation sites is 1. The molecule has 0 spiro atoms. The van der Waals surface area contributed by atoms with Crippen molar-refractivity contribution in [3.05, 3.63) is 54.1 Å². The topological polar surface area (TPSA) is 21.6 Å². The maximum atomic E-state index is 5.75. The first kappa shape index (κ1) is 11.5. The maximum absolute atomic E-state index is 5.75. The molecule has 0 unspecified atom stereocenters. The average Bonchev–Trinajstić information content (AvgIpc) is 2.35. The van der Waals surface area contributed by atoms with Gasteiger partial charge in [0, 0.05) is 0 Å². The Morgan fingerprint density at radius 1 is 1.06 bits per heavy atom. The quantitative estimate of drug-likeness (QED) is 0.582. The lowest BCUT2D eigenvalue weighted by Gasteiger charge is -2.07.